The fraction of sp³-hybridized carbons (Fsp3) is 0.381. The summed E-state index contributed by atoms with van der Waals surface area (Å²) >= 11 is 0. The van der Waals surface area contributed by atoms with Crippen LogP contribution in [0.15, 0.2) is 42.5 Å². The SMILES string of the molecule is CCc1cccc(-c2cccc3c2CCN3C(=O)[C@@H]2CCNC2)c1. The van der Waals surface area contributed by atoms with Crippen LogP contribution in [0.3, 0.4) is 0 Å². The van der Waals surface area contributed by atoms with Gasteiger partial charge in [0.2, 0.25) is 5.91 Å². The molecule has 1 fully saturated rings. The second kappa shape index (κ2) is 6.40. The lowest BCUT2D eigenvalue weighted by Gasteiger charge is -2.21. The molecule has 0 unspecified atom stereocenters. The standard InChI is InChI=1S/C21H24N2O/c1-2-15-5-3-6-16(13-15)18-7-4-8-20-19(18)10-12-23(20)21(24)17-9-11-22-14-17/h3-8,13,17,22H,2,9-12,14H2,1H3/t17-/m1/s1. The highest BCUT2D eigenvalue weighted by atomic mass is 16.2. The van der Waals surface area contributed by atoms with Crippen molar-refractivity contribution in [2.75, 3.05) is 24.5 Å². The van der Waals surface area contributed by atoms with Gasteiger partial charge in [-0.25, -0.2) is 0 Å². The normalized spacial score (nSPS) is 19.5. The van der Waals surface area contributed by atoms with Gasteiger partial charge in [0.05, 0.1) is 5.92 Å². The highest BCUT2D eigenvalue weighted by molar-refractivity contribution is 5.98. The number of rotatable bonds is 3. The second-order valence-electron chi connectivity index (χ2n) is 6.79. The molecule has 2 aromatic carbocycles. The van der Waals surface area contributed by atoms with Crippen molar-refractivity contribution in [2.24, 2.45) is 5.92 Å². The van der Waals surface area contributed by atoms with Crippen molar-refractivity contribution in [2.45, 2.75) is 26.2 Å². The first kappa shape index (κ1) is 15.4. The third kappa shape index (κ3) is 2.63. The lowest BCUT2D eigenvalue weighted by Crippen LogP contribution is -2.35. The smallest absolute Gasteiger partial charge is 0.231 e. The van der Waals surface area contributed by atoms with E-state index in [0.29, 0.717) is 5.91 Å². The van der Waals surface area contributed by atoms with Crippen LogP contribution in [0.25, 0.3) is 11.1 Å². The van der Waals surface area contributed by atoms with Crippen molar-refractivity contribution in [3.8, 4) is 11.1 Å². The molecule has 0 aliphatic carbocycles. The number of hydrogen-bond donors (Lipinski definition) is 1. The zero-order valence-corrected chi connectivity index (χ0v) is 14.2. The van der Waals surface area contributed by atoms with Gasteiger partial charge in [0.1, 0.15) is 0 Å². The minimum absolute atomic E-state index is 0.142. The van der Waals surface area contributed by atoms with Crippen LogP contribution in [0, 0.1) is 5.92 Å². The van der Waals surface area contributed by atoms with Crippen molar-refractivity contribution in [1.29, 1.82) is 0 Å². The van der Waals surface area contributed by atoms with E-state index in [9.17, 15) is 4.79 Å². The van der Waals surface area contributed by atoms with Crippen LogP contribution in [-0.4, -0.2) is 25.5 Å². The predicted molar refractivity (Wildman–Crippen MR) is 98.3 cm³/mol. The van der Waals surface area contributed by atoms with E-state index < -0.39 is 0 Å². The van der Waals surface area contributed by atoms with Crippen LogP contribution < -0.4 is 10.2 Å². The van der Waals surface area contributed by atoms with E-state index in [0.717, 1.165) is 44.6 Å². The Morgan fingerprint density at radius 3 is 2.92 bits per heavy atom. The number of nitrogens with one attached hydrogen (secondary N) is 1. The summed E-state index contributed by atoms with van der Waals surface area (Å²) in [5.41, 5.74) is 6.34. The highest BCUT2D eigenvalue weighted by Gasteiger charge is 2.32. The second-order valence-corrected chi connectivity index (χ2v) is 6.79. The summed E-state index contributed by atoms with van der Waals surface area (Å²) in [4.78, 5) is 14.9. The van der Waals surface area contributed by atoms with Gasteiger partial charge in [-0.15, -0.1) is 0 Å². The first-order valence-electron chi connectivity index (χ1n) is 9.01. The van der Waals surface area contributed by atoms with Gasteiger partial charge in [-0.3, -0.25) is 4.79 Å². The summed E-state index contributed by atoms with van der Waals surface area (Å²) in [6, 6.07) is 15.2. The summed E-state index contributed by atoms with van der Waals surface area (Å²) in [6.45, 7) is 4.78. The Morgan fingerprint density at radius 1 is 1.25 bits per heavy atom. The van der Waals surface area contributed by atoms with Crippen LogP contribution >= 0.6 is 0 Å². The van der Waals surface area contributed by atoms with Crippen molar-refractivity contribution >= 4 is 11.6 Å². The van der Waals surface area contributed by atoms with Gasteiger partial charge in [-0.05, 0) is 54.1 Å². The molecular formula is C21H24N2O. The highest BCUT2D eigenvalue weighted by Crippen LogP contribution is 2.37. The van der Waals surface area contributed by atoms with Gasteiger partial charge in [-0.1, -0.05) is 43.3 Å². The fourth-order valence-electron chi connectivity index (χ4n) is 3.98. The lowest BCUT2D eigenvalue weighted by molar-refractivity contribution is -0.121. The Hall–Kier alpha value is -2.13. The molecule has 0 radical (unpaired) electrons. The minimum Gasteiger partial charge on any atom is -0.316 e. The summed E-state index contributed by atoms with van der Waals surface area (Å²) < 4.78 is 0. The predicted octanol–water partition coefficient (Wildman–Crippen LogP) is 3.41. The van der Waals surface area contributed by atoms with E-state index in [1.54, 1.807) is 0 Å². The Labute approximate surface area is 143 Å². The van der Waals surface area contributed by atoms with E-state index in [1.807, 2.05) is 4.90 Å². The number of benzene rings is 2. The summed E-state index contributed by atoms with van der Waals surface area (Å²) in [7, 11) is 0. The first-order chi connectivity index (χ1) is 11.8. The molecule has 4 rings (SSSR count). The lowest BCUT2D eigenvalue weighted by atomic mass is 9.96. The summed E-state index contributed by atoms with van der Waals surface area (Å²) in [5.74, 6) is 0.432. The van der Waals surface area contributed by atoms with E-state index in [-0.39, 0.29) is 5.92 Å². The summed E-state index contributed by atoms with van der Waals surface area (Å²) in [6.07, 6.45) is 2.96. The van der Waals surface area contributed by atoms with Gasteiger partial charge in [-0.2, -0.15) is 0 Å². The molecule has 0 aromatic heterocycles. The Bertz CT molecular complexity index is 762. The number of carbonyl (C=O) groups is 1. The molecule has 0 spiro atoms. The quantitative estimate of drug-likeness (QED) is 0.940. The number of hydrogen-bond acceptors (Lipinski definition) is 2. The molecule has 0 bridgehead atoms. The van der Waals surface area contributed by atoms with E-state index in [1.165, 1.54) is 22.3 Å². The molecule has 3 nitrogen and oxygen atoms in total. The Balaban J connectivity index is 1.69. The molecule has 1 amide bonds. The zero-order valence-electron chi connectivity index (χ0n) is 14.2. The topological polar surface area (TPSA) is 32.3 Å². The molecule has 2 aliphatic rings. The molecule has 24 heavy (non-hydrogen) atoms. The van der Waals surface area contributed by atoms with Crippen LogP contribution in [0.2, 0.25) is 0 Å². The van der Waals surface area contributed by atoms with Gasteiger partial charge in [0.25, 0.3) is 0 Å². The van der Waals surface area contributed by atoms with Gasteiger partial charge in [0, 0.05) is 18.8 Å². The number of carbonyl (C=O) groups excluding carboxylic acids is 1. The molecule has 1 atom stereocenters. The first-order valence-corrected chi connectivity index (χ1v) is 9.01. The molecule has 2 aliphatic heterocycles. The molecule has 124 valence electrons. The van der Waals surface area contributed by atoms with E-state index in [4.69, 9.17) is 0 Å². The number of nitrogens with zero attached hydrogens (tertiary/aromatic N) is 1. The molecule has 2 aromatic rings. The van der Waals surface area contributed by atoms with Crippen LogP contribution in [-0.2, 0) is 17.6 Å². The number of anilines is 1. The molecular weight excluding hydrogens is 296 g/mol. The van der Waals surface area contributed by atoms with Gasteiger partial charge in [0.15, 0.2) is 0 Å². The zero-order chi connectivity index (χ0) is 16.5. The van der Waals surface area contributed by atoms with Crippen molar-refractivity contribution in [3.05, 3.63) is 53.6 Å². The number of amides is 1. The van der Waals surface area contributed by atoms with Crippen molar-refractivity contribution < 1.29 is 4.79 Å². The fourth-order valence-corrected chi connectivity index (χ4v) is 3.98. The average Bonchev–Trinajstić information content (AvgIpc) is 3.30. The monoisotopic (exact) mass is 320 g/mol. The van der Waals surface area contributed by atoms with Crippen LogP contribution in [0.5, 0.6) is 0 Å². The third-order valence-electron chi connectivity index (χ3n) is 5.35. The molecule has 3 heteroatoms. The Morgan fingerprint density at radius 2 is 2.12 bits per heavy atom. The Kier molecular flexibility index (Phi) is 4.11. The number of aryl methyl sites for hydroxylation is 1. The molecule has 0 saturated carbocycles. The maximum Gasteiger partial charge on any atom is 0.231 e. The maximum absolute atomic E-state index is 12.8. The van der Waals surface area contributed by atoms with Crippen LogP contribution in [0.1, 0.15) is 24.5 Å². The van der Waals surface area contributed by atoms with Gasteiger partial charge < -0.3 is 10.2 Å². The largest absolute Gasteiger partial charge is 0.316 e. The van der Waals surface area contributed by atoms with Gasteiger partial charge >= 0.3 is 0 Å². The maximum atomic E-state index is 12.8. The van der Waals surface area contributed by atoms with Crippen molar-refractivity contribution in [3.63, 3.8) is 0 Å². The van der Waals surface area contributed by atoms with Crippen LogP contribution in [0.4, 0.5) is 5.69 Å². The molecule has 1 saturated heterocycles. The molecule has 2 heterocycles. The number of fused-ring (bicyclic) bond motifs is 1. The van der Waals surface area contributed by atoms with E-state index in [2.05, 4.69) is 54.7 Å². The molecule has 1 N–H and O–H groups in total. The third-order valence-corrected chi connectivity index (χ3v) is 5.35. The average molecular weight is 320 g/mol. The van der Waals surface area contributed by atoms with E-state index >= 15 is 0 Å². The minimum atomic E-state index is 0.142. The van der Waals surface area contributed by atoms with Crippen molar-refractivity contribution in [1.82, 2.24) is 5.32 Å². The summed E-state index contributed by atoms with van der Waals surface area (Å²) in [5, 5.41) is 3.30.